The second-order valence-electron chi connectivity index (χ2n) is 4.07. The zero-order chi connectivity index (χ0) is 14.4. The first-order valence-electron chi connectivity index (χ1n) is 6.04. The van der Waals surface area contributed by atoms with E-state index in [1.165, 1.54) is 12.1 Å². The van der Waals surface area contributed by atoms with Crippen molar-refractivity contribution in [1.29, 1.82) is 0 Å². The summed E-state index contributed by atoms with van der Waals surface area (Å²) < 4.78 is 6.28. The number of benzene rings is 2. The van der Waals surface area contributed by atoms with Crippen molar-refractivity contribution in [1.82, 2.24) is 0 Å². The monoisotopic (exact) mass is 332 g/mol. The van der Waals surface area contributed by atoms with Crippen molar-refractivity contribution >= 4 is 28.0 Å². The van der Waals surface area contributed by atoms with Crippen molar-refractivity contribution < 1.29 is 14.6 Å². The van der Waals surface area contributed by atoms with E-state index in [0.717, 1.165) is 10.0 Å². The Morgan fingerprint density at radius 1 is 1.20 bits per heavy atom. The fourth-order valence-corrected chi connectivity index (χ4v) is 1.99. The lowest BCUT2D eigenvalue weighted by Gasteiger charge is -2.06. The van der Waals surface area contributed by atoms with Gasteiger partial charge in [0.15, 0.2) is 0 Å². The number of carboxylic acids is 1. The maximum absolute atomic E-state index is 10.9. The highest BCUT2D eigenvalue weighted by molar-refractivity contribution is 9.10. The average Bonchev–Trinajstić information content (AvgIpc) is 2.46. The maximum Gasteiger partial charge on any atom is 0.335 e. The second kappa shape index (κ2) is 6.91. The number of carbonyl (C=O) groups is 1. The molecular formula is C16H13BrO3. The molecule has 0 aromatic heterocycles. The fourth-order valence-electron chi connectivity index (χ4n) is 1.63. The molecule has 0 atom stereocenters. The number of rotatable bonds is 5. The van der Waals surface area contributed by atoms with Gasteiger partial charge in [0, 0.05) is 0 Å². The van der Waals surface area contributed by atoms with Crippen molar-refractivity contribution in [2.45, 2.75) is 0 Å². The Morgan fingerprint density at radius 3 is 2.65 bits per heavy atom. The molecule has 0 aliphatic heterocycles. The molecule has 0 bridgehead atoms. The van der Waals surface area contributed by atoms with Crippen LogP contribution in [-0.4, -0.2) is 17.7 Å². The van der Waals surface area contributed by atoms with Crippen LogP contribution in [0.1, 0.15) is 15.9 Å². The molecule has 0 fully saturated rings. The summed E-state index contributed by atoms with van der Waals surface area (Å²) in [5, 5.41) is 8.94. The third-order valence-corrected chi connectivity index (χ3v) is 3.28. The maximum atomic E-state index is 10.9. The molecule has 20 heavy (non-hydrogen) atoms. The minimum atomic E-state index is -0.970. The Kier molecular flexibility index (Phi) is 4.96. The van der Waals surface area contributed by atoms with Gasteiger partial charge in [-0.3, -0.25) is 0 Å². The van der Waals surface area contributed by atoms with Gasteiger partial charge < -0.3 is 9.84 Å². The van der Waals surface area contributed by atoms with Crippen LogP contribution in [0.4, 0.5) is 0 Å². The summed E-state index contributed by atoms with van der Waals surface area (Å²) in [6, 6.07) is 14.6. The van der Waals surface area contributed by atoms with Crippen molar-refractivity contribution in [2.24, 2.45) is 0 Å². The molecule has 0 aliphatic carbocycles. The number of ether oxygens (including phenoxy) is 1. The molecule has 102 valence electrons. The van der Waals surface area contributed by atoms with Crippen molar-refractivity contribution in [3.05, 3.63) is 70.2 Å². The van der Waals surface area contributed by atoms with E-state index in [1.807, 2.05) is 42.5 Å². The van der Waals surface area contributed by atoms with Gasteiger partial charge in [-0.05, 0) is 45.8 Å². The molecule has 1 N–H and O–H groups in total. The standard InChI is InChI=1S/C16H13BrO3/c17-14-9-8-13(16(18)19)11-15(14)20-10-4-7-12-5-2-1-3-6-12/h1-9,11H,10H2,(H,18,19)/b7-4+. The molecule has 0 amide bonds. The third-order valence-electron chi connectivity index (χ3n) is 2.62. The average molecular weight is 333 g/mol. The van der Waals surface area contributed by atoms with Gasteiger partial charge >= 0.3 is 5.97 Å². The Labute approximate surface area is 125 Å². The normalized spacial score (nSPS) is 10.7. The lowest BCUT2D eigenvalue weighted by molar-refractivity contribution is 0.0696. The lowest BCUT2D eigenvalue weighted by Crippen LogP contribution is -1.99. The number of carboxylic acid groups (broad SMARTS) is 1. The van der Waals surface area contributed by atoms with Crippen LogP contribution in [0.5, 0.6) is 5.75 Å². The first kappa shape index (κ1) is 14.3. The van der Waals surface area contributed by atoms with E-state index in [4.69, 9.17) is 9.84 Å². The zero-order valence-electron chi connectivity index (χ0n) is 10.6. The summed E-state index contributed by atoms with van der Waals surface area (Å²) in [4.78, 5) is 10.9. The molecule has 0 spiro atoms. The molecule has 0 unspecified atom stereocenters. The molecule has 0 heterocycles. The van der Waals surface area contributed by atoms with Crippen LogP contribution in [-0.2, 0) is 0 Å². The van der Waals surface area contributed by atoms with Gasteiger partial charge in [-0.25, -0.2) is 4.79 Å². The quantitative estimate of drug-likeness (QED) is 0.890. The summed E-state index contributed by atoms with van der Waals surface area (Å²) >= 11 is 3.33. The van der Waals surface area contributed by atoms with Crippen LogP contribution in [0.15, 0.2) is 59.1 Å². The van der Waals surface area contributed by atoms with Crippen LogP contribution in [0, 0.1) is 0 Å². The Balaban J connectivity index is 1.99. The van der Waals surface area contributed by atoms with E-state index in [-0.39, 0.29) is 5.56 Å². The minimum Gasteiger partial charge on any atom is -0.488 e. The van der Waals surface area contributed by atoms with Gasteiger partial charge in [-0.2, -0.15) is 0 Å². The highest BCUT2D eigenvalue weighted by Gasteiger charge is 2.07. The topological polar surface area (TPSA) is 46.5 Å². The summed E-state index contributed by atoms with van der Waals surface area (Å²) in [6.45, 7) is 0.372. The molecule has 2 aromatic rings. The number of halogens is 1. The van der Waals surface area contributed by atoms with Gasteiger partial charge in [0.25, 0.3) is 0 Å². The zero-order valence-corrected chi connectivity index (χ0v) is 12.2. The van der Waals surface area contributed by atoms with Gasteiger partial charge in [0.1, 0.15) is 12.4 Å². The van der Waals surface area contributed by atoms with E-state index in [2.05, 4.69) is 15.9 Å². The molecule has 2 rings (SSSR count). The van der Waals surface area contributed by atoms with Gasteiger partial charge in [-0.15, -0.1) is 0 Å². The van der Waals surface area contributed by atoms with Gasteiger partial charge in [0.05, 0.1) is 10.0 Å². The number of hydrogen-bond donors (Lipinski definition) is 1. The highest BCUT2D eigenvalue weighted by Crippen LogP contribution is 2.26. The smallest absolute Gasteiger partial charge is 0.335 e. The predicted molar refractivity (Wildman–Crippen MR) is 82.1 cm³/mol. The Hall–Kier alpha value is -2.07. The second-order valence-corrected chi connectivity index (χ2v) is 4.93. The Bertz CT molecular complexity index is 621. The highest BCUT2D eigenvalue weighted by atomic mass is 79.9. The van der Waals surface area contributed by atoms with Crippen LogP contribution < -0.4 is 4.74 Å². The molecular weight excluding hydrogens is 320 g/mol. The third kappa shape index (κ3) is 3.96. The van der Waals surface area contributed by atoms with E-state index in [0.29, 0.717) is 12.4 Å². The molecule has 0 aliphatic rings. The summed E-state index contributed by atoms with van der Waals surface area (Å²) in [7, 11) is 0. The predicted octanol–water partition coefficient (Wildman–Crippen LogP) is 4.24. The van der Waals surface area contributed by atoms with Gasteiger partial charge in [-0.1, -0.05) is 36.4 Å². The fraction of sp³-hybridized carbons (Fsp3) is 0.0625. The van der Waals surface area contributed by atoms with Crippen LogP contribution in [0.2, 0.25) is 0 Å². The molecule has 0 saturated carbocycles. The van der Waals surface area contributed by atoms with Crippen molar-refractivity contribution in [3.63, 3.8) is 0 Å². The first-order chi connectivity index (χ1) is 9.66. The van der Waals surface area contributed by atoms with Crippen LogP contribution >= 0.6 is 15.9 Å². The van der Waals surface area contributed by atoms with Gasteiger partial charge in [0.2, 0.25) is 0 Å². The SMILES string of the molecule is O=C(O)c1ccc(Br)c(OC/C=C/c2ccccc2)c1. The van der Waals surface area contributed by atoms with Crippen LogP contribution in [0.3, 0.4) is 0 Å². The van der Waals surface area contributed by atoms with E-state index in [1.54, 1.807) is 6.07 Å². The van der Waals surface area contributed by atoms with E-state index < -0.39 is 5.97 Å². The molecule has 4 heteroatoms. The minimum absolute atomic E-state index is 0.204. The molecule has 3 nitrogen and oxygen atoms in total. The van der Waals surface area contributed by atoms with Crippen LogP contribution in [0.25, 0.3) is 6.08 Å². The number of aromatic carboxylic acids is 1. The van der Waals surface area contributed by atoms with Crippen molar-refractivity contribution in [2.75, 3.05) is 6.61 Å². The Morgan fingerprint density at radius 2 is 1.95 bits per heavy atom. The first-order valence-corrected chi connectivity index (χ1v) is 6.83. The number of hydrogen-bond acceptors (Lipinski definition) is 2. The summed E-state index contributed by atoms with van der Waals surface area (Å²) in [5.41, 5.74) is 1.30. The molecule has 0 saturated heterocycles. The van der Waals surface area contributed by atoms with Crippen molar-refractivity contribution in [3.8, 4) is 5.75 Å². The summed E-state index contributed by atoms with van der Waals surface area (Å²) in [5.74, 6) is -0.454. The van der Waals surface area contributed by atoms with E-state index >= 15 is 0 Å². The van der Waals surface area contributed by atoms with E-state index in [9.17, 15) is 4.79 Å². The summed E-state index contributed by atoms with van der Waals surface area (Å²) in [6.07, 6.45) is 3.84. The largest absolute Gasteiger partial charge is 0.488 e. The molecule has 0 radical (unpaired) electrons. The lowest BCUT2D eigenvalue weighted by atomic mass is 10.2. The molecule has 2 aromatic carbocycles.